The van der Waals surface area contributed by atoms with Crippen molar-refractivity contribution in [3.05, 3.63) is 59.7 Å². The first-order valence-corrected chi connectivity index (χ1v) is 11.5. The summed E-state index contributed by atoms with van der Waals surface area (Å²) in [6.07, 6.45) is 1.82. The molecule has 0 saturated heterocycles. The van der Waals surface area contributed by atoms with Gasteiger partial charge in [0.2, 0.25) is 0 Å². The monoisotopic (exact) mass is 435 g/mol. The number of hydrogen-bond acceptors (Lipinski definition) is 6. The van der Waals surface area contributed by atoms with Crippen molar-refractivity contribution in [2.45, 2.75) is 37.0 Å². The molecule has 0 heterocycles. The van der Waals surface area contributed by atoms with Gasteiger partial charge in [0.1, 0.15) is 4.75 Å². The topological polar surface area (TPSA) is 113 Å². The summed E-state index contributed by atoms with van der Waals surface area (Å²) in [5, 5.41) is 18.1. The van der Waals surface area contributed by atoms with Crippen LogP contribution in [0.25, 0.3) is 11.1 Å². The van der Waals surface area contributed by atoms with Crippen molar-refractivity contribution in [2.24, 2.45) is 0 Å². The highest BCUT2D eigenvalue weighted by Crippen LogP contribution is 2.25. The van der Waals surface area contributed by atoms with Crippen molar-refractivity contribution in [1.29, 1.82) is 0 Å². The molecule has 2 aromatic rings. The molecule has 0 aliphatic heterocycles. The van der Waals surface area contributed by atoms with Gasteiger partial charge in [-0.05, 0) is 42.0 Å². The Bertz CT molecular complexity index is 937. The standard InChI is InChI=1S/C22H29NO6S/c1-22(21(25)23-26,30(3,27)28)13-12-16-4-8-18(9-5-16)19-10-6-17(7-11-19)14-20(15-24)29-2/h4-11,20,24,26H,12-15H2,1-3H3,(H,23,25)/t20?,22-/m1/s1. The van der Waals surface area contributed by atoms with Crippen LogP contribution in [0, 0.1) is 0 Å². The first-order chi connectivity index (χ1) is 14.1. The number of carbonyl (C=O) groups excluding carboxylic acids is 1. The SMILES string of the molecule is COC(CO)Cc1ccc(-c2ccc(CC[C@](C)(C(=O)NO)S(C)(=O)=O)cc2)cc1. The highest BCUT2D eigenvalue weighted by molar-refractivity contribution is 7.92. The van der Waals surface area contributed by atoms with Gasteiger partial charge in [-0.1, -0.05) is 48.5 Å². The maximum Gasteiger partial charge on any atom is 0.264 e. The number of aliphatic hydroxyl groups is 1. The molecule has 8 heteroatoms. The van der Waals surface area contributed by atoms with E-state index in [1.54, 1.807) is 7.11 Å². The fraction of sp³-hybridized carbons (Fsp3) is 0.409. The number of aliphatic hydroxyl groups excluding tert-OH is 1. The molecule has 2 aromatic carbocycles. The average molecular weight is 436 g/mol. The van der Waals surface area contributed by atoms with E-state index in [9.17, 15) is 18.3 Å². The minimum Gasteiger partial charge on any atom is -0.394 e. The summed E-state index contributed by atoms with van der Waals surface area (Å²) in [6.45, 7) is 1.28. The fourth-order valence-electron chi connectivity index (χ4n) is 3.15. The van der Waals surface area contributed by atoms with Gasteiger partial charge in [0, 0.05) is 19.8 Å². The molecular weight excluding hydrogens is 406 g/mol. The van der Waals surface area contributed by atoms with E-state index in [4.69, 9.17) is 9.94 Å². The number of methoxy groups -OCH3 is 1. The Morgan fingerprint density at radius 3 is 1.97 bits per heavy atom. The van der Waals surface area contributed by atoms with Crippen molar-refractivity contribution < 1.29 is 28.3 Å². The Morgan fingerprint density at radius 2 is 1.57 bits per heavy atom. The summed E-state index contributed by atoms with van der Waals surface area (Å²) in [4.78, 5) is 11.9. The molecule has 0 saturated carbocycles. The second-order valence-corrected chi connectivity index (χ2v) is 10.0. The molecule has 7 nitrogen and oxygen atoms in total. The van der Waals surface area contributed by atoms with Gasteiger partial charge in [-0.25, -0.2) is 13.9 Å². The number of nitrogens with one attached hydrogen (secondary N) is 1. The Kier molecular flexibility index (Phi) is 8.14. The molecule has 30 heavy (non-hydrogen) atoms. The zero-order chi connectivity index (χ0) is 22.4. The highest BCUT2D eigenvalue weighted by Gasteiger charge is 2.43. The second kappa shape index (κ2) is 10.2. The minimum absolute atomic E-state index is 0.0297. The highest BCUT2D eigenvalue weighted by atomic mass is 32.2. The Balaban J connectivity index is 2.09. The first-order valence-electron chi connectivity index (χ1n) is 9.60. The average Bonchev–Trinajstić information content (AvgIpc) is 2.75. The van der Waals surface area contributed by atoms with E-state index < -0.39 is 20.5 Å². The lowest BCUT2D eigenvalue weighted by Crippen LogP contribution is -2.49. The van der Waals surface area contributed by atoms with Crippen molar-refractivity contribution in [3.8, 4) is 11.1 Å². The summed E-state index contributed by atoms with van der Waals surface area (Å²) in [6, 6.07) is 15.7. The lowest BCUT2D eigenvalue weighted by Gasteiger charge is -2.25. The maximum atomic E-state index is 12.1. The van der Waals surface area contributed by atoms with Crippen LogP contribution >= 0.6 is 0 Å². The van der Waals surface area contributed by atoms with Crippen molar-refractivity contribution in [3.63, 3.8) is 0 Å². The van der Waals surface area contributed by atoms with E-state index in [2.05, 4.69) is 0 Å². The Morgan fingerprint density at radius 1 is 1.07 bits per heavy atom. The molecule has 0 aromatic heterocycles. The third kappa shape index (κ3) is 5.66. The summed E-state index contributed by atoms with van der Waals surface area (Å²) in [5.41, 5.74) is 5.46. The minimum atomic E-state index is -3.71. The smallest absolute Gasteiger partial charge is 0.264 e. The number of sulfone groups is 1. The van der Waals surface area contributed by atoms with Gasteiger partial charge in [-0.2, -0.15) is 0 Å². The van der Waals surface area contributed by atoms with Gasteiger partial charge < -0.3 is 9.84 Å². The van der Waals surface area contributed by atoms with Gasteiger partial charge >= 0.3 is 0 Å². The predicted molar refractivity (Wildman–Crippen MR) is 115 cm³/mol. The Labute approximate surface area is 177 Å². The number of aryl methyl sites for hydroxylation is 1. The molecule has 0 fully saturated rings. The van der Waals surface area contributed by atoms with E-state index in [1.807, 2.05) is 48.5 Å². The van der Waals surface area contributed by atoms with Crippen molar-refractivity contribution in [2.75, 3.05) is 20.0 Å². The van der Waals surface area contributed by atoms with Crippen molar-refractivity contribution in [1.82, 2.24) is 5.48 Å². The van der Waals surface area contributed by atoms with Crippen molar-refractivity contribution >= 4 is 15.7 Å². The molecule has 0 spiro atoms. The molecule has 164 valence electrons. The maximum absolute atomic E-state index is 12.1. The van der Waals surface area contributed by atoms with Crippen LogP contribution in [0.3, 0.4) is 0 Å². The van der Waals surface area contributed by atoms with Crippen LogP contribution in [0.4, 0.5) is 0 Å². The van der Waals surface area contributed by atoms with Gasteiger partial charge in [0.15, 0.2) is 9.84 Å². The molecule has 2 atom stereocenters. The third-order valence-electron chi connectivity index (χ3n) is 5.53. The summed E-state index contributed by atoms with van der Waals surface area (Å²) in [7, 11) is -2.14. The van der Waals surface area contributed by atoms with Gasteiger partial charge in [0.25, 0.3) is 5.91 Å². The van der Waals surface area contributed by atoms with E-state index in [0.717, 1.165) is 28.5 Å². The first kappa shape index (κ1) is 24.0. The Hall–Kier alpha value is -2.26. The zero-order valence-electron chi connectivity index (χ0n) is 17.5. The van der Waals surface area contributed by atoms with E-state index in [-0.39, 0.29) is 19.1 Å². The van der Waals surface area contributed by atoms with Crippen LogP contribution in [0.15, 0.2) is 48.5 Å². The summed E-state index contributed by atoms with van der Waals surface area (Å²) < 4.78 is 27.6. The zero-order valence-corrected chi connectivity index (χ0v) is 18.3. The molecular formula is C22H29NO6S. The molecule has 1 amide bonds. The van der Waals surface area contributed by atoms with Crippen LogP contribution in [-0.2, 0) is 32.2 Å². The fourth-order valence-corrected chi connectivity index (χ4v) is 4.01. The van der Waals surface area contributed by atoms with Crippen LogP contribution in [0.2, 0.25) is 0 Å². The number of amides is 1. The summed E-state index contributed by atoms with van der Waals surface area (Å²) in [5.74, 6) is -0.932. The number of ether oxygens (including phenoxy) is 1. The number of carbonyl (C=O) groups is 1. The van der Waals surface area contributed by atoms with Gasteiger partial charge in [-0.15, -0.1) is 0 Å². The van der Waals surface area contributed by atoms with Gasteiger partial charge in [-0.3, -0.25) is 10.0 Å². The molecule has 0 aliphatic rings. The number of rotatable bonds is 10. The second-order valence-electron chi connectivity index (χ2n) is 7.58. The number of hydroxylamine groups is 1. The summed E-state index contributed by atoms with van der Waals surface area (Å²) >= 11 is 0. The molecule has 3 N–H and O–H groups in total. The molecule has 2 rings (SSSR count). The van der Waals surface area contributed by atoms with Crippen LogP contribution in [-0.4, -0.2) is 55.5 Å². The van der Waals surface area contributed by atoms with Crippen LogP contribution in [0.5, 0.6) is 0 Å². The lowest BCUT2D eigenvalue weighted by atomic mass is 9.97. The number of hydrogen-bond donors (Lipinski definition) is 3. The third-order valence-corrected chi connectivity index (χ3v) is 7.56. The van der Waals surface area contributed by atoms with Gasteiger partial charge in [0.05, 0.1) is 12.7 Å². The predicted octanol–water partition coefficient (Wildman–Crippen LogP) is 2.14. The molecule has 1 unspecified atom stereocenters. The van der Waals surface area contributed by atoms with E-state index >= 15 is 0 Å². The van der Waals surface area contributed by atoms with E-state index in [1.165, 1.54) is 12.4 Å². The molecule has 0 aliphatic carbocycles. The lowest BCUT2D eigenvalue weighted by molar-refractivity contribution is -0.131. The normalized spacial score (nSPS) is 14.7. The quantitative estimate of drug-likeness (QED) is 0.389. The molecule has 0 bridgehead atoms. The van der Waals surface area contributed by atoms with Crippen LogP contribution in [0.1, 0.15) is 24.5 Å². The molecule has 0 radical (unpaired) electrons. The number of benzene rings is 2. The van der Waals surface area contributed by atoms with E-state index in [0.29, 0.717) is 12.8 Å². The van der Waals surface area contributed by atoms with Crippen LogP contribution < -0.4 is 5.48 Å². The largest absolute Gasteiger partial charge is 0.394 e.